The molecule has 2 bridgehead atoms. The molecule has 2 atom stereocenters. The number of hydrogen-bond donors (Lipinski definition) is 1. The molecule has 2 aromatic rings. The Morgan fingerprint density at radius 3 is 2.57 bits per heavy atom. The Labute approximate surface area is 178 Å². The highest BCUT2D eigenvalue weighted by atomic mass is 16.5. The van der Waals surface area contributed by atoms with E-state index in [-0.39, 0.29) is 12.0 Å². The van der Waals surface area contributed by atoms with E-state index < -0.39 is 5.60 Å². The van der Waals surface area contributed by atoms with E-state index in [4.69, 9.17) is 16.1 Å². The fourth-order valence-electron chi connectivity index (χ4n) is 5.47. The first-order valence-electron chi connectivity index (χ1n) is 11.0. The summed E-state index contributed by atoms with van der Waals surface area (Å²) in [7, 11) is 0. The molecule has 5 heterocycles. The van der Waals surface area contributed by atoms with E-state index in [1.54, 1.807) is 0 Å². The first kappa shape index (κ1) is 19.6. The molecule has 2 unspecified atom stereocenters. The molecule has 6 rings (SSSR count). The van der Waals surface area contributed by atoms with Crippen molar-refractivity contribution in [2.24, 2.45) is 5.92 Å². The van der Waals surface area contributed by atoms with E-state index in [0.717, 1.165) is 75.6 Å². The van der Waals surface area contributed by atoms with Crippen molar-refractivity contribution in [1.82, 2.24) is 9.88 Å². The van der Waals surface area contributed by atoms with Crippen molar-refractivity contribution in [1.29, 1.82) is 0 Å². The first-order valence-corrected chi connectivity index (χ1v) is 11.0. The van der Waals surface area contributed by atoms with Gasteiger partial charge in [-0.05, 0) is 55.5 Å². The van der Waals surface area contributed by atoms with E-state index in [1.165, 1.54) is 5.56 Å². The van der Waals surface area contributed by atoms with Crippen LogP contribution < -0.4 is 4.90 Å². The fraction of sp³-hybridized carbons (Fsp3) is 0.480. The summed E-state index contributed by atoms with van der Waals surface area (Å²) in [6.07, 6.45) is 10.6. The molecule has 1 aromatic carbocycles. The zero-order chi connectivity index (χ0) is 20.6. The van der Waals surface area contributed by atoms with E-state index in [0.29, 0.717) is 0 Å². The average molecular weight is 404 g/mol. The summed E-state index contributed by atoms with van der Waals surface area (Å²) in [5.74, 6) is 4.04. The van der Waals surface area contributed by atoms with Gasteiger partial charge in [-0.2, -0.15) is 0 Å². The number of morpholine rings is 1. The molecule has 30 heavy (non-hydrogen) atoms. The zero-order valence-corrected chi connectivity index (χ0v) is 17.3. The first-order chi connectivity index (χ1) is 14.7. The maximum Gasteiger partial charge on any atom is 0.128 e. The number of nitrogens with zero attached hydrogens (tertiary/aromatic N) is 3. The lowest BCUT2D eigenvalue weighted by Gasteiger charge is -2.54. The normalized spacial score (nSPS) is 30.8. The van der Waals surface area contributed by atoms with Gasteiger partial charge >= 0.3 is 0 Å². The van der Waals surface area contributed by atoms with Crippen LogP contribution in [0.5, 0.6) is 0 Å². The van der Waals surface area contributed by atoms with Crippen LogP contribution in [0.3, 0.4) is 0 Å². The lowest BCUT2D eigenvalue weighted by molar-refractivity contribution is -0.143. The maximum absolute atomic E-state index is 12.1. The van der Waals surface area contributed by atoms with Crippen LogP contribution in [0.2, 0.25) is 0 Å². The van der Waals surface area contributed by atoms with Crippen LogP contribution >= 0.6 is 0 Å². The van der Waals surface area contributed by atoms with Gasteiger partial charge < -0.3 is 14.7 Å². The van der Waals surface area contributed by atoms with E-state index >= 15 is 0 Å². The molecule has 1 N–H and O–H groups in total. The van der Waals surface area contributed by atoms with Gasteiger partial charge in [0.15, 0.2) is 0 Å². The molecule has 1 aromatic heterocycles. The van der Waals surface area contributed by atoms with Crippen LogP contribution in [0, 0.1) is 18.3 Å². The topological polar surface area (TPSA) is 48.8 Å². The Balaban J connectivity index is 1.59. The lowest BCUT2D eigenvalue weighted by atomic mass is 9.66. The number of terminal acetylenes is 1. The largest absolute Gasteiger partial charge is 0.382 e. The monoisotopic (exact) mass is 403 g/mol. The number of rotatable bonds is 4. The highest BCUT2D eigenvalue weighted by molar-refractivity contribution is 5.49. The number of ether oxygens (including phenoxy) is 1. The minimum absolute atomic E-state index is 0.175. The number of aliphatic hydroxyl groups is 1. The smallest absolute Gasteiger partial charge is 0.128 e. The summed E-state index contributed by atoms with van der Waals surface area (Å²) in [6.45, 7) is 5.05. The molecule has 0 amide bonds. The summed E-state index contributed by atoms with van der Waals surface area (Å²) in [4.78, 5) is 9.33. The van der Waals surface area contributed by atoms with E-state index in [2.05, 4.69) is 46.1 Å². The quantitative estimate of drug-likeness (QED) is 0.795. The van der Waals surface area contributed by atoms with Gasteiger partial charge in [0, 0.05) is 24.8 Å². The second kappa shape index (κ2) is 8.03. The number of fused-ring (bicyclic) bond motifs is 3. The van der Waals surface area contributed by atoms with E-state index in [1.807, 2.05) is 12.3 Å². The lowest BCUT2D eigenvalue weighted by Crippen LogP contribution is -2.63. The Hall–Kier alpha value is -2.39. The Morgan fingerprint density at radius 2 is 1.87 bits per heavy atom. The van der Waals surface area contributed by atoms with Crippen molar-refractivity contribution >= 4 is 5.82 Å². The summed E-state index contributed by atoms with van der Waals surface area (Å²) in [5, 5.41) is 12.1. The number of pyridine rings is 1. The fourth-order valence-corrected chi connectivity index (χ4v) is 5.47. The molecule has 0 radical (unpaired) electrons. The predicted octanol–water partition coefficient (Wildman–Crippen LogP) is 2.42. The van der Waals surface area contributed by atoms with Crippen molar-refractivity contribution < 1.29 is 9.84 Å². The second-order valence-electron chi connectivity index (χ2n) is 8.67. The van der Waals surface area contributed by atoms with Gasteiger partial charge in [0.05, 0.1) is 13.2 Å². The Kier molecular flexibility index (Phi) is 5.24. The van der Waals surface area contributed by atoms with Crippen molar-refractivity contribution in [2.75, 3.05) is 44.3 Å². The zero-order valence-electron chi connectivity index (χ0n) is 17.3. The van der Waals surface area contributed by atoms with Gasteiger partial charge in [0.25, 0.3) is 0 Å². The van der Waals surface area contributed by atoms with Crippen LogP contribution in [0.1, 0.15) is 29.5 Å². The molecule has 4 saturated heterocycles. The van der Waals surface area contributed by atoms with Gasteiger partial charge in [0.2, 0.25) is 0 Å². The summed E-state index contributed by atoms with van der Waals surface area (Å²) in [5.41, 5.74) is 2.20. The summed E-state index contributed by atoms with van der Waals surface area (Å²) < 4.78 is 5.51. The Bertz CT molecular complexity index is 927. The number of piperidine rings is 3. The van der Waals surface area contributed by atoms with Gasteiger partial charge in [-0.25, -0.2) is 4.98 Å². The molecule has 4 fully saturated rings. The third-order valence-corrected chi connectivity index (χ3v) is 7.07. The van der Waals surface area contributed by atoms with Gasteiger partial charge in [0.1, 0.15) is 17.5 Å². The molecule has 5 heteroatoms. The van der Waals surface area contributed by atoms with E-state index in [9.17, 15) is 5.11 Å². The molecular formula is C25H29N3O2. The third kappa shape index (κ3) is 3.30. The van der Waals surface area contributed by atoms with Gasteiger partial charge in [-0.15, -0.1) is 6.42 Å². The molecule has 156 valence electrons. The molecule has 4 aliphatic heterocycles. The number of hydrogen-bond acceptors (Lipinski definition) is 5. The predicted molar refractivity (Wildman–Crippen MR) is 117 cm³/mol. The minimum Gasteiger partial charge on any atom is -0.382 e. The summed E-state index contributed by atoms with van der Waals surface area (Å²) in [6, 6.07) is 12.3. The number of benzene rings is 1. The summed E-state index contributed by atoms with van der Waals surface area (Å²) >= 11 is 0. The average Bonchev–Trinajstić information content (AvgIpc) is 2.81. The molecule has 0 saturated carbocycles. The van der Waals surface area contributed by atoms with Crippen LogP contribution in [0.25, 0.3) is 0 Å². The molecular weight excluding hydrogens is 374 g/mol. The minimum atomic E-state index is -1.05. The second-order valence-corrected chi connectivity index (χ2v) is 8.67. The van der Waals surface area contributed by atoms with Crippen LogP contribution in [0.15, 0.2) is 42.6 Å². The molecule has 0 spiro atoms. The van der Waals surface area contributed by atoms with Crippen LogP contribution in [-0.2, 0) is 16.8 Å². The highest BCUT2D eigenvalue weighted by Gasteiger charge is 2.54. The van der Waals surface area contributed by atoms with Crippen LogP contribution in [0.4, 0.5) is 5.82 Å². The SMILES string of the molecule is C#CC1N2CCC(CC2)C1(O)c1cnc(N2CCOCC2)cc1Cc1ccccc1. The third-order valence-electron chi connectivity index (χ3n) is 7.07. The molecule has 0 aliphatic carbocycles. The van der Waals surface area contributed by atoms with Crippen molar-refractivity contribution in [2.45, 2.75) is 30.9 Å². The van der Waals surface area contributed by atoms with Crippen molar-refractivity contribution in [3.63, 3.8) is 0 Å². The molecule has 4 aliphatic rings. The molecule has 5 nitrogen and oxygen atoms in total. The number of aromatic nitrogens is 1. The van der Waals surface area contributed by atoms with Gasteiger partial charge in [-0.3, -0.25) is 4.90 Å². The van der Waals surface area contributed by atoms with Crippen molar-refractivity contribution in [3.8, 4) is 12.3 Å². The Morgan fingerprint density at radius 1 is 1.13 bits per heavy atom. The van der Waals surface area contributed by atoms with Gasteiger partial charge in [-0.1, -0.05) is 36.3 Å². The number of anilines is 1. The van der Waals surface area contributed by atoms with Crippen molar-refractivity contribution in [3.05, 3.63) is 59.3 Å². The standard InChI is InChI=1S/C25H29N3O2/c1-2-23-25(29,21-8-10-27(23)11-9-21)22-18-26-24(28-12-14-30-15-13-28)17-20(22)16-19-6-4-3-5-7-19/h1,3-7,17-18,21,23,29H,8-16H2. The van der Waals surface area contributed by atoms with Crippen LogP contribution in [-0.4, -0.2) is 60.4 Å². The maximum atomic E-state index is 12.1. The highest BCUT2D eigenvalue weighted by Crippen LogP contribution is 2.48.